The molecule has 1 aromatic carbocycles. The lowest BCUT2D eigenvalue weighted by atomic mass is 9.62. The molecule has 2 saturated carbocycles. The Hall–Kier alpha value is -1.92. The van der Waals surface area contributed by atoms with Crippen molar-refractivity contribution in [3.8, 4) is 0 Å². The van der Waals surface area contributed by atoms with E-state index in [1.54, 1.807) is 13.8 Å². The minimum absolute atomic E-state index is 0.00321. The van der Waals surface area contributed by atoms with Crippen LogP contribution in [0.4, 0.5) is 0 Å². The van der Waals surface area contributed by atoms with E-state index < -0.39 is 34.7 Å². The fourth-order valence-electron chi connectivity index (χ4n) is 6.62. The molecule has 6 nitrogen and oxygen atoms in total. The maximum atomic E-state index is 13.6. The molecule has 4 rings (SSSR count). The van der Waals surface area contributed by atoms with Gasteiger partial charge in [0.15, 0.2) is 11.2 Å². The second-order valence-corrected chi connectivity index (χ2v) is 10.8. The van der Waals surface area contributed by atoms with E-state index in [9.17, 15) is 9.59 Å². The van der Waals surface area contributed by atoms with E-state index in [0.29, 0.717) is 12.8 Å². The molecule has 1 saturated heterocycles. The van der Waals surface area contributed by atoms with Crippen molar-refractivity contribution in [3.05, 3.63) is 35.9 Å². The first-order valence-electron chi connectivity index (χ1n) is 12.9. The number of carbonyl (C=O) groups is 2. The summed E-state index contributed by atoms with van der Waals surface area (Å²) in [6.07, 6.45) is 5.43. The van der Waals surface area contributed by atoms with Crippen LogP contribution in [0.25, 0.3) is 0 Å². The number of hydrogen-bond donors (Lipinski definition) is 0. The van der Waals surface area contributed by atoms with E-state index in [2.05, 4.69) is 20.8 Å². The van der Waals surface area contributed by atoms with E-state index in [-0.39, 0.29) is 31.2 Å². The molecule has 34 heavy (non-hydrogen) atoms. The predicted molar refractivity (Wildman–Crippen MR) is 128 cm³/mol. The van der Waals surface area contributed by atoms with Crippen LogP contribution in [-0.2, 0) is 35.0 Å². The summed E-state index contributed by atoms with van der Waals surface area (Å²) in [5, 5.41) is 0. The first kappa shape index (κ1) is 25.2. The van der Waals surface area contributed by atoms with Gasteiger partial charge in [0, 0.05) is 17.8 Å². The molecule has 0 bridgehead atoms. The molecule has 0 radical (unpaired) electrons. The summed E-state index contributed by atoms with van der Waals surface area (Å²) < 4.78 is 24.9. The SMILES string of the molecule is CCOC(=O)C1(C(=O)OCC)CC[C@]2(O[C@H]3CCCC[C@]3(C)C(C)(C)O2)[C@@H]1Cc1ccccc1. The lowest BCUT2D eigenvalue weighted by molar-refractivity contribution is -0.406. The van der Waals surface area contributed by atoms with Gasteiger partial charge in [-0.3, -0.25) is 9.59 Å². The second-order valence-electron chi connectivity index (χ2n) is 10.8. The number of esters is 2. The first-order chi connectivity index (χ1) is 16.1. The van der Waals surface area contributed by atoms with Gasteiger partial charge in [-0.2, -0.15) is 0 Å². The van der Waals surface area contributed by atoms with Crippen LogP contribution >= 0.6 is 0 Å². The molecule has 0 unspecified atom stereocenters. The molecule has 1 aliphatic heterocycles. The third kappa shape index (κ3) is 3.87. The van der Waals surface area contributed by atoms with E-state index >= 15 is 0 Å². The van der Waals surface area contributed by atoms with Gasteiger partial charge >= 0.3 is 11.9 Å². The molecular formula is C28H40O6. The lowest BCUT2D eigenvalue weighted by Crippen LogP contribution is -2.67. The topological polar surface area (TPSA) is 71.1 Å². The van der Waals surface area contributed by atoms with E-state index in [1.165, 1.54) is 0 Å². The van der Waals surface area contributed by atoms with Gasteiger partial charge in [-0.1, -0.05) is 50.1 Å². The Morgan fingerprint density at radius 1 is 0.941 bits per heavy atom. The van der Waals surface area contributed by atoms with E-state index in [4.69, 9.17) is 18.9 Å². The Bertz CT molecular complexity index is 877. The van der Waals surface area contributed by atoms with Gasteiger partial charge in [-0.05, 0) is 58.9 Å². The first-order valence-corrected chi connectivity index (χ1v) is 12.9. The number of rotatable bonds is 6. The number of benzene rings is 1. The van der Waals surface area contributed by atoms with Gasteiger partial charge in [0.25, 0.3) is 0 Å². The molecule has 3 fully saturated rings. The van der Waals surface area contributed by atoms with Crippen LogP contribution < -0.4 is 0 Å². The van der Waals surface area contributed by atoms with Crippen LogP contribution in [0.5, 0.6) is 0 Å². The van der Waals surface area contributed by atoms with Crippen LogP contribution in [0.15, 0.2) is 30.3 Å². The van der Waals surface area contributed by atoms with Crippen molar-refractivity contribution in [1.29, 1.82) is 0 Å². The second kappa shape index (κ2) is 9.27. The van der Waals surface area contributed by atoms with Gasteiger partial charge in [0.2, 0.25) is 0 Å². The van der Waals surface area contributed by atoms with Gasteiger partial charge in [0.1, 0.15) is 0 Å². The van der Waals surface area contributed by atoms with Crippen molar-refractivity contribution in [3.63, 3.8) is 0 Å². The van der Waals surface area contributed by atoms with Crippen LogP contribution in [0, 0.1) is 16.7 Å². The van der Waals surface area contributed by atoms with Crippen molar-refractivity contribution in [2.45, 2.75) is 97.1 Å². The fourth-order valence-corrected chi connectivity index (χ4v) is 6.62. The fraction of sp³-hybridized carbons (Fsp3) is 0.714. The highest BCUT2D eigenvalue weighted by atomic mass is 16.7. The average molecular weight is 473 g/mol. The summed E-state index contributed by atoms with van der Waals surface area (Å²) in [7, 11) is 0. The zero-order chi connectivity index (χ0) is 24.6. The molecule has 188 valence electrons. The third-order valence-electron chi connectivity index (χ3n) is 8.82. The Morgan fingerprint density at radius 3 is 2.21 bits per heavy atom. The van der Waals surface area contributed by atoms with Crippen molar-refractivity contribution < 1.29 is 28.5 Å². The number of ether oxygens (including phenoxy) is 4. The Morgan fingerprint density at radius 2 is 1.59 bits per heavy atom. The Balaban J connectivity index is 1.83. The number of hydrogen-bond acceptors (Lipinski definition) is 6. The van der Waals surface area contributed by atoms with Gasteiger partial charge in [-0.15, -0.1) is 0 Å². The molecule has 1 aromatic rings. The highest BCUT2D eigenvalue weighted by molar-refractivity contribution is 6.01. The molecule has 4 atom stereocenters. The highest BCUT2D eigenvalue weighted by Gasteiger charge is 2.72. The summed E-state index contributed by atoms with van der Waals surface area (Å²) in [6.45, 7) is 10.5. The zero-order valence-electron chi connectivity index (χ0n) is 21.4. The largest absolute Gasteiger partial charge is 0.465 e. The summed E-state index contributed by atoms with van der Waals surface area (Å²) in [6, 6.07) is 9.94. The minimum Gasteiger partial charge on any atom is -0.465 e. The summed E-state index contributed by atoms with van der Waals surface area (Å²) in [4.78, 5) is 27.2. The molecule has 2 aliphatic carbocycles. The molecule has 1 spiro atoms. The van der Waals surface area contributed by atoms with Gasteiger partial charge < -0.3 is 18.9 Å². The summed E-state index contributed by atoms with van der Waals surface area (Å²) in [5.41, 5.74) is -1.06. The minimum atomic E-state index is -1.47. The molecule has 0 aromatic heterocycles. The monoisotopic (exact) mass is 472 g/mol. The van der Waals surface area contributed by atoms with Crippen molar-refractivity contribution in [1.82, 2.24) is 0 Å². The molecular weight excluding hydrogens is 432 g/mol. The smallest absolute Gasteiger partial charge is 0.323 e. The predicted octanol–water partition coefficient (Wildman–Crippen LogP) is 5.22. The standard InChI is InChI=1S/C28H40O6/c1-6-31-23(29)27(24(30)32-7-2)17-18-28(21(27)19-20-13-9-8-10-14-20)33-22-15-11-12-16-26(22,5)25(3,4)34-28/h8-10,13-14,21-22H,6-7,11-12,15-19H2,1-5H3/t21-,22+,26+,28-/m1/s1. The van der Waals surface area contributed by atoms with Crippen molar-refractivity contribution in [2.75, 3.05) is 13.2 Å². The number of carbonyl (C=O) groups excluding carboxylic acids is 2. The lowest BCUT2D eigenvalue weighted by Gasteiger charge is -2.61. The quantitative estimate of drug-likeness (QED) is 0.417. The molecule has 6 heteroatoms. The maximum absolute atomic E-state index is 13.6. The van der Waals surface area contributed by atoms with Crippen molar-refractivity contribution >= 4 is 11.9 Å². The zero-order valence-corrected chi connectivity index (χ0v) is 21.4. The molecule has 1 heterocycles. The van der Waals surface area contributed by atoms with Crippen molar-refractivity contribution in [2.24, 2.45) is 16.7 Å². The van der Waals surface area contributed by atoms with Crippen LogP contribution in [-0.4, -0.2) is 42.6 Å². The number of fused-ring (bicyclic) bond motifs is 1. The average Bonchev–Trinajstić information content (AvgIpc) is 3.09. The highest BCUT2D eigenvalue weighted by Crippen LogP contribution is 2.62. The molecule has 0 N–H and O–H groups in total. The third-order valence-corrected chi connectivity index (χ3v) is 8.82. The van der Waals surface area contributed by atoms with Crippen LogP contribution in [0.2, 0.25) is 0 Å². The van der Waals surface area contributed by atoms with E-state index in [0.717, 1.165) is 31.2 Å². The normalized spacial score (nSPS) is 33.8. The summed E-state index contributed by atoms with van der Waals surface area (Å²) in [5.74, 6) is -2.70. The maximum Gasteiger partial charge on any atom is 0.323 e. The Labute approximate surface area is 203 Å². The van der Waals surface area contributed by atoms with Gasteiger partial charge in [0.05, 0.1) is 24.9 Å². The summed E-state index contributed by atoms with van der Waals surface area (Å²) >= 11 is 0. The Kier molecular flexibility index (Phi) is 6.87. The van der Waals surface area contributed by atoms with Crippen LogP contribution in [0.1, 0.15) is 78.7 Å². The molecule has 0 amide bonds. The van der Waals surface area contributed by atoms with Gasteiger partial charge in [-0.25, -0.2) is 0 Å². The molecule has 3 aliphatic rings. The van der Waals surface area contributed by atoms with Crippen LogP contribution in [0.3, 0.4) is 0 Å². The van der Waals surface area contributed by atoms with E-state index in [1.807, 2.05) is 30.3 Å².